The van der Waals surface area contributed by atoms with Crippen LogP contribution in [-0.4, -0.2) is 29.0 Å². The summed E-state index contributed by atoms with van der Waals surface area (Å²) in [6.07, 6.45) is 8.08. The van der Waals surface area contributed by atoms with Crippen LogP contribution in [0.1, 0.15) is 39.0 Å². The van der Waals surface area contributed by atoms with Crippen LogP contribution >= 0.6 is 11.8 Å². The minimum atomic E-state index is -0.649. The number of thioether (sulfide) groups is 1. The van der Waals surface area contributed by atoms with Gasteiger partial charge in [-0.05, 0) is 44.8 Å². The lowest BCUT2D eigenvalue weighted by molar-refractivity contribution is -0.126. The summed E-state index contributed by atoms with van der Waals surface area (Å²) in [5.74, 6) is 0.439. The minimum absolute atomic E-state index is 0.0373. The second kappa shape index (κ2) is 4.22. The highest BCUT2D eigenvalue weighted by atomic mass is 32.2. The highest BCUT2D eigenvalue weighted by Crippen LogP contribution is 2.42. The third-order valence-corrected chi connectivity index (χ3v) is 5.60. The van der Waals surface area contributed by atoms with Crippen LogP contribution in [0.3, 0.4) is 0 Å². The van der Waals surface area contributed by atoms with Crippen molar-refractivity contribution in [1.82, 2.24) is 5.32 Å². The lowest BCUT2D eigenvalue weighted by atomic mass is 9.84. The predicted octanol–water partition coefficient (Wildman–Crippen LogP) is 1.52. The first kappa shape index (κ1) is 12.2. The molecule has 0 saturated heterocycles. The van der Waals surface area contributed by atoms with Gasteiger partial charge in [0.1, 0.15) is 0 Å². The molecule has 0 aliphatic heterocycles. The maximum Gasteiger partial charge on any atom is 0.240 e. The second-order valence-electron chi connectivity index (χ2n) is 5.48. The van der Waals surface area contributed by atoms with Crippen molar-refractivity contribution in [2.24, 2.45) is 11.7 Å². The lowest BCUT2D eigenvalue weighted by Gasteiger charge is -2.41. The van der Waals surface area contributed by atoms with E-state index in [1.165, 1.54) is 19.3 Å². The number of amides is 1. The topological polar surface area (TPSA) is 55.1 Å². The van der Waals surface area contributed by atoms with E-state index in [2.05, 4.69) is 11.6 Å². The van der Waals surface area contributed by atoms with Gasteiger partial charge >= 0.3 is 0 Å². The lowest BCUT2D eigenvalue weighted by Crippen LogP contribution is -2.56. The summed E-state index contributed by atoms with van der Waals surface area (Å²) in [5.41, 5.74) is 5.43. The molecule has 1 unspecified atom stereocenters. The molecule has 3 nitrogen and oxygen atoms in total. The summed E-state index contributed by atoms with van der Waals surface area (Å²) in [6, 6.07) is 0. The first-order valence-electron chi connectivity index (χ1n) is 6.12. The molecule has 2 rings (SSSR count). The van der Waals surface area contributed by atoms with Crippen molar-refractivity contribution in [1.29, 1.82) is 0 Å². The van der Waals surface area contributed by atoms with Gasteiger partial charge in [-0.3, -0.25) is 4.79 Å². The Hall–Kier alpha value is -0.220. The molecule has 92 valence electrons. The molecule has 1 amide bonds. The van der Waals surface area contributed by atoms with E-state index in [0.717, 1.165) is 19.4 Å². The van der Waals surface area contributed by atoms with Gasteiger partial charge in [0.15, 0.2) is 0 Å². The first-order valence-corrected chi connectivity index (χ1v) is 7.35. The highest BCUT2D eigenvalue weighted by Gasteiger charge is 2.45. The monoisotopic (exact) mass is 242 g/mol. The summed E-state index contributed by atoms with van der Waals surface area (Å²) in [5, 5.41) is 3.05. The molecule has 0 aromatic carbocycles. The fourth-order valence-electron chi connectivity index (χ4n) is 2.32. The zero-order chi connectivity index (χ0) is 11.8. The van der Waals surface area contributed by atoms with Crippen LogP contribution in [0, 0.1) is 5.92 Å². The molecule has 0 aromatic rings. The van der Waals surface area contributed by atoms with Crippen LogP contribution in [0.2, 0.25) is 0 Å². The number of carbonyl (C=O) groups excluding carboxylic acids is 1. The van der Waals surface area contributed by atoms with Gasteiger partial charge in [-0.1, -0.05) is 6.42 Å². The van der Waals surface area contributed by atoms with Crippen molar-refractivity contribution in [2.45, 2.75) is 49.3 Å². The number of nitrogens with two attached hydrogens (primary N) is 1. The van der Waals surface area contributed by atoms with E-state index >= 15 is 0 Å². The Morgan fingerprint density at radius 1 is 1.56 bits per heavy atom. The summed E-state index contributed by atoms with van der Waals surface area (Å²) in [4.78, 5) is 12.0. The van der Waals surface area contributed by atoms with Crippen molar-refractivity contribution in [3.8, 4) is 0 Å². The molecular formula is C12H22N2OS. The highest BCUT2D eigenvalue weighted by molar-refractivity contribution is 8.00. The summed E-state index contributed by atoms with van der Waals surface area (Å²) in [7, 11) is 0. The fraction of sp³-hybridized carbons (Fsp3) is 0.917. The van der Waals surface area contributed by atoms with Gasteiger partial charge in [-0.2, -0.15) is 11.8 Å². The summed E-state index contributed by atoms with van der Waals surface area (Å²) in [6.45, 7) is 2.65. The second-order valence-corrected chi connectivity index (χ2v) is 6.75. The molecule has 0 aromatic heterocycles. The van der Waals surface area contributed by atoms with Crippen LogP contribution in [0.15, 0.2) is 0 Å². The number of hydrogen-bond donors (Lipinski definition) is 2. The average Bonchev–Trinajstić information content (AvgIpc) is 2.99. The summed E-state index contributed by atoms with van der Waals surface area (Å²) < 4.78 is 0.301. The molecule has 2 fully saturated rings. The normalized spacial score (nSPS) is 26.7. The molecule has 2 saturated carbocycles. The van der Waals surface area contributed by atoms with E-state index in [1.54, 1.807) is 0 Å². The van der Waals surface area contributed by atoms with E-state index in [1.807, 2.05) is 18.7 Å². The van der Waals surface area contributed by atoms with Crippen molar-refractivity contribution >= 4 is 17.7 Å². The molecule has 1 atom stereocenters. The minimum Gasteiger partial charge on any atom is -0.353 e. The molecule has 0 heterocycles. The quantitative estimate of drug-likeness (QED) is 0.768. The average molecular weight is 242 g/mol. The third-order valence-electron chi connectivity index (χ3n) is 4.18. The molecule has 2 aliphatic carbocycles. The van der Waals surface area contributed by atoms with Gasteiger partial charge in [-0.15, -0.1) is 0 Å². The van der Waals surface area contributed by atoms with Crippen LogP contribution in [0.4, 0.5) is 0 Å². The molecule has 0 radical (unpaired) electrons. The smallest absolute Gasteiger partial charge is 0.240 e. The fourth-order valence-corrected chi connectivity index (χ4v) is 3.24. The Morgan fingerprint density at radius 2 is 2.19 bits per heavy atom. The molecule has 16 heavy (non-hydrogen) atoms. The van der Waals surface area contributed by atoms with E-state index < -0.39 is 5.54 Å². The van der Waals surface area contributed by atoms with Crippen molar-refractivity contribution in [2.75, 3.05) is 12.8 Å². The Bertz CT molecular complexity index is 277. The number of nitrogens with one attached hydrogen (secondary N) is 1. The van der Waals surface area contributed by atoms with Gasteiger partial charge < -0.3 is 11.1 Å². The first-order chi connectivity index (χ1) is 7.50. The maximum absolute atomic E-state index is 12.0. The maximum atomic E-state index is 12.0. The van der Waals surface area contributed by atoms with Gasteiger partial charge in [0.05, 0.1) is 5.54 Å². The van der Waals surface area contributed by atoms with Crippen LogP contribution in [0.5, 0.6) is 0 Å². The zero-order valence-electron chi connectivity index (χ0n) is 10.2. The SMILES string of the molecule is CSC1(CNC(=O)C(C)(N)C2CC2)CCC1. The molecule has 0 spiro atoms. The van der Waals surface area contributed by atoms with Gasteiger partial charge in [0.2, 0.25) is 5.91 Å². The van der Waals surface area contributed by atoms with Crippen molar-refractivity contribution < 1.29 is 4.79 Å². The Morgan fingerprint density at radius 3 is 2.56 bits per heavy atom. The van der Waals surface area contributed by atoms with E-state index in [0.29, 0.717) is 10.7 Å². The molecule has 4 heteroatoms. The molecule has 3 N–H and O–H groups in total. The Kier molecular flexibility index (Phi) is 3.23. The molecule has 0 bridgehead atoms. The van der Waals surface area contributed by atoms with Crippen molar-refractivity contribution in [3.63, 3.8) is 0 Å². The van der Waals surface area contributed by atoms with Gasteiger partial charge in [0, 0.05) is 11.3 Å². The number of hydrogen-bond acceptors (Lipinski definition) is 3. The molecule has 2 aliphatic rings. The number of carbonyl (C=O) groups is 1. The largest absolute Gasteiger partial charge is 0.353 e. The van der Waals surface area contributed by atoms with Crippen LogP contribution < -0.4 is 11.1 Å². The van der Waals surface area contributed by atoms with Gasteiger partial charge in [0.25, 0.3) is 0 Å². The molecular weight excluding hydrogens is 220 g/mol. The predicted molar refractivity (Wildman–Crippen MR) is 68.4 cm³/mol. The van der Waals surface area contributed by atoms with Crippen LogP contribution in [0.25, 0.3) is 0 Å². The van der Waals surface area contributed by atoms with E-state index in [4.69, 9.17) is 5.73 Å². The van der Waals surface area contributed by atoms with Gasteiger partial charge in [-0.25, -0.2) is 0 Å². The Labute approximate surface area is 102 Å². The Balaban J connectivity index is 1.83. The van der Waals surface area contributed by atoms with Crippen molar-refractivity contribution in [3.05, 3.63) is 0 Å². The van der Waals surface area contributed by atoms with E-state index in [9.17, 15) is 4.79 Å². The summed E-state index contributed by atoms with van der Waals surface area (Å²) >= 11 is 1.88. The zero-order valence-corrected chi connectivity index (χ0v) is 11.0. The number of rotatable bonds is 5. The standard InChI is InChI=1S/C12H22N2OS/c1-11(13,9-4-5-9)10(15)14-8-12(16-2)6-3-7-12/h9H,3-8,13H2,1-2H3,(H,14,15). The van der Waals surface area contributed by atoms with E-state index in [-0.39, 0.29) is 5.91 Å². The third kappa shape index (κ3) is 2.23. The van der Waals surface area contributed by atoms with Crippen LogP contribution in [-0.2, 0) is 4.79 Å².